The topological polar surface area (TPSA) is 63.4 Å². The molecule has 0 aromatic rings. The zero-order chi connectivity index (χ0) is 10.1. The molecule has 2 aliphatic carbocycles. The minimum Gasteiger partial charge on any atom is -0.508 e. The lowest BCUT2D eigenvalue weighted by Crippen LogP contribution is -1.85. The van der Waals surface area contributed by atoms with Crippen molar-refractivity contribution in [1.82, 2.24) is 0 Å². The second-order valence-corrected chi connectivity index (χ2v) is 2.94. The van der Waals surface area contributed by atoms with E-state index >= 15 is 0 Å². The molecular weight excluding hydrogens is 182 g/mol. The van der Waals surface area contributed by atoms with Crippen LogP contribution >= 0.6 is 0 Å². The molecule has 0 bridgehead atoms. The van der Waals surface area contributed by atoms with Gasteiger partial charge >= 0.3 is 0 Å². The van der Waals surface area contributed by atoms with E-state index in [0.717, 1.165) is 5.56 Å². The highest BCUT2D eigenvalue weighted by molar-refractivity contribution is 5.77. The van der Waals surface area contributed by atoms with Crippen molar-refractivity contribution in [1.29, 1.82) is 0 Å². The van der Waals surface area contributed by atoms with E-state index in [1.165, 1.54) is 18.2 Å². The lowest BCUT2D eigenvalue weighted by molar-refractivity contribution is -0.383. The Morgan fingerprint density at radius 3 is 2.43 bits per heavy atom. The molecule has 0 aromatic carbocycles. The van der Waals surface area contributed by atoms with E-state index in [9.17, 15) is 15.2 Å². The maximum absolute atomic E-state index is 10.6. The number of rotatable bonds is 1. The molecule has 2 rings (SSSR count). The van der Waals surface area contributed by atoms with Gasteiger partial charge in [-0.2, -0.15) is 0 Å². The molecule has 0 unspecified atom stereocenters. The highest BCUT2D eigenvalue weighted by atomic mass is 16.6. The van der Waals surface area contributed by atoms with Crippen molar-refractivity contribution < 1.29 is 10.0 Å². The molecular formula is C10H7NO3. The van der Waals surface area contributed by atoms with Crippen molar-refractivity contribution in [3.05, 3.63) is 46.5 Å². The van der Waals surface area contributed by atoms with E-state index in [4.69, 9.17) is 0 Å². The predicted octanol–water partition coefficient (Wildman–Crippen LogP) is 2.41. The van der Waals surface area contributed by atoms with Crippen molar-refractivity contribution in [3.8, 4) is 16.9 Å². The van der Waals surface area contributed by atoms with Crippen LogP contribution in [0.25, 0.3) is 11.1 Å². The summed E-state index contributed by atoms with van der Waals surface area (Å²) in [4.78, 5) is 10.2. The Bertz CT molecular complexity index is 467. The molecule has 0 fully saturated rings. The van der Waals surface area contributed by atoms with Gasteiger partial charge in [0.2, 0.25) is 0 Å². The van der Waals surface area contributed by atoms with Gasteiger partial charge in [-0.25, -0.2) is 0 Å². The lowest BCUT2D eigenvalue weighted by Gasteiger charge is -1.90. The number of nitro groups is 1. The Kier molecular flexibility index (Phi) is 1.81. The first kappa shape index (κ1) is 8.50. The standard InChI is InChI=1S/C10H7NO3/c12-8-3-1-7-2-6-10(11(13)14)9(7)5-4-8/h1-6,12H. The minimum absolute atomic E-state index is 0.0654. The van der Waals surface area contributed by atoms with Crippen LogP contribution in [0.1, 0.15) is 0 Å². The first-order valence-corrected chi connectivity index (χ1v) is 4.04. The number of hydrogen-bond acceptors (Lipinski definition) is 3. The molecule has 0 saturated heterocycles. The first-order valence-electron chi connectivity index (χ1n) is 4.04. The second kappa shape index (κ2) is 2.99. The van der Waals surface area contributed by atoms with Gasteiger partial charge in [-0.05, 0) is 29.8 Å². The van der Waals surface area contributed by atoms with E-state index in [2.05, 4.69) is 0 Å². The summed E-state index contributed by atoms with van der Waals surface area (Å²) < 4.78 is 0. The summed E-state index contributed by atoms with van der Waals surface area (Å²) >= 11 is 0. The van der Waals surface area contributed by atoms with E-state index in [0.29, 0.717) is 5.56 Å². The Balaban J connectivity index is 2.68. The van der Waals surface area contributed by atoms with Crippen molar-refractivity contribution in [2.24, 2.45) is 0 Å². The fourth-order valence-corrected chi connectivity index (χ4v) is 1.38. The van der Waals surface area contributed by atoms with Crippen LogP contribution in [0, 0.1) is 10.1 Å². The molecule has 0 aromatic heterocycles. The molecule has 0 amide bonds. The van der Waals surface area contributed by atoms with Gasteiger partial charge in [-0.3, -0.25) is 10.1 Å². The number of aromatic hydroxyl groups is 1. The number of hydrogen-bond donors (Lipinski definition) is 1. The molecule has 0 aliphatic heterocycles. The molecule has 0 atom stereocenters. The predicted molar refractivity (Wildman–Crippen MR) is 51.4 cm³/mol. The van der Waals surface area contributed by atoms with Crippen LogP contribution in [-0.4, -0.2) is 10.0 Å². The summed E-state index contributed by atoms with van der Waals surface area (Å²) in [5.41, 5.74) is 1.35. The zero-order valence-electron chi connectivity index (χ0n) is 7.18. The third-order valence-electron chi connectivity index (χ3n) is 2.06. The fourth-order valence-electron chi connectivity index (χ4n) is 1.38. The monoisotopic (exact) mass is 189 g/mol. The van der Waals surface area contributed by atoms with Crippen LogP contribution in [0.15, 0.2) is 36.4 Å². The zero-order valence-corrected chi connectivity index (χ0v) is 7.18. The average Bonchev–Trinajstić information content (AvgIpc) is 2.46. The van der Waals surface area contributed by atoms with Gasteiger partial charge in [0.15, 0.2) is 0 Å². The Hall–Kier alpha value is -2.10. The van der Waals surface area contributed by atoms with Gasteiger partial charge in [0.25, 0.3) is 5.69 Å². The fraction of sp³-hybridized carbons (Fsp3) is 0. The van der Waals surface area contributed by atoms with Gasteiger partial charge < -0.3 is 5.11 Å². The number of fused-ring (bicyclic) bond motifs is 1. The van der Waals surface area contributed by atoms with Crippen molar-refractivity contribution in [2.75, 3.05) is 0 Å². The van der Waals surface area contributed by atoms with E-state index in [1.54, 1.807) is 18.2 Å². The van der Waals surface area contributed by atoms with E-state index in [-0.39, 0.29) is 11.4 Å². The van der Waals surface area contributed by atoms with Gasteiger partial charge in [0.05, 0.1) is 10.5 Å². The molecule has 14 heavy (non-hydrogen) atoms. The molecule has 70 valence electrons. The first-order chi connectivity index (χ1) is 6.68. The molecule has 1 N–H and O–H groups in total. The van der Waals surface area contributed by atoms with Crippen LogP contribution in [0.2, 0.25) is 0 Å². The maximum atomic E-state index is 10.6. The smallest absolute Gasteiger partial charge is 0.277 e. The molecule has 2 aliphatic rings. The van der Waals surface area contributed by atoms with Gasteiger partial charge in [-0.1, -0.05) is 6.07 Å². The van der Waals surface area contributed by atoms with Crippen LogP contribution in [0.4, 0.5) is 5.69 Å². The lowest BCUT2D eigenvalue weighted by atomic mass is 10.2. The van der Waals surface area contributed by atoms with Crippen LogP contribution in [0.5, 0.6) is 5.75 Å². The van der Waals surface area contributed by atoms with Crippen molar-refractivity contribution in [2.45, 2.75) is 0 Å². The third kappa shape index (κ3) is 1.26. The van der Waals surface area contributed by atoms with E-state index < -0.39 is 4.92 Å². The van der Waals surface area contributed by atoms with Crippen LogP contribution in [-0.2, 0) is 0 Å². The molecule has 4 heteroatoms. The summed E-state index contributed by atoms with van der Waals surface area (Å²) in [6.45, 7) is 0. The molecule has 0 saturated carbocycles. The second-order valence-electron chi connectivity index (χ2n) is 2.94. The third-order valence-corrected chi connectivity index (χ3v) is 2.06. The highest BCUT2D eigenvalue weighted by Crippen LogP contribution is 2.33. The Morgan fingerprint density at radius 1 is 1.07 bits per heavy atom. The van der Waals surface area contributed by atoms with Crippen molar-refractivity contribution >= 4 is 5.69 Å². The van der Waals surface area contributed by atoms with Gasteiger partial charge in [-0.15, -0.1) is 0 Å². The normalized spacial score (nSPS) is 10.3. The van der Waals surface area contributed by atoms with E-state index in [1.807, 2.05) is 0 Å². The molecule has 4 nitrogen and oxygen atoms in total. The van der Waals surface area contributed by atoms with Crippen molar-refractivity contribution in [3.63, 3.8) is 0 Å². The largest absolute Gasteiger partial charge is 0.508 e. The molecule has 0 spiro atoms. The van der Waals surface area contributed by atoms with Gasteiger partial charge in [0, 0.05) is 6.07 Å². The average molecular weight is 189 g/mol. The summed E-state index contributed by atoms with van der Waals surface area (Å²) in [5, 5.41) is 19.8. The minimum atomic E-state index is -0.431. The highest BCUT2D eigenvalue weighted by Gasteiger charge is 2.16. The summed E-state index contributed by atoms with van der Waals surface area (Å²) in [7, 11) is 0. The molecule has 0 radical (unpaired) electrons. The van der Waals surface area contributed by atoms with Crippen LogP contribution in [0.3, 0.4) is 0 Å². The quantitative estimate of drug-likeness (QED) is 0.553. The van der Waals surface area contributed by atoms with Gasteiger partial charge in [0.1, 0.15) is 5.75 Å². The maximum Gasteiger partial charge on any atom is 0.277 e. The SMILES string of the molecule is O=[N+]([O-])c1ccc2ccc(O)ccc1-2. The summed E-state index contributed by atoms with van der Waals surface area (Å²) in [5.74, 6) is 0.0931. The number of nitrogens with zero attached hydrogens (tertiary/aromatic N) is 1. The summed E-state index contributed by atoms with van der Waals surface area (Å²) in [6, 6.07) is 9.26. The Morgan fingerprint density at radius 2 is 1.71 bits per heavy atom. The van der Waals surface area contributed by atoms with Crippen LogP contribution < -0.4 is 0 Å². The Labute approximate surface area is 79.9 Å². The summed E-state index contributed by atoms with van der Waals surface area (Å²) in [6.07, 6.45) is 0. The molecule has 0 heterocycles.